The van der Waals surface area contributed by atoms with E-state index in [4.69, 9.17) is 5.73 Å². The quantitative estimate of drug-likeness (QED) is 0.891. The molecule has 0 aliphatic carbocycles. The lowest BCUT2D eigenvalue weighted by Gasteiger charge is -2.09. The Balaban J connectivity index is 2.28. The van der Waals surface area contributed by atoms with Crippen LogP contribution in [-0.4, -0.2) is 9.55 Å². The van der Waals surface area contributed by atoms with Gasteiger partial charge < -0.3 is 5.73 Å². The second kappa shape index (κ2) is 5.22. The van der Waals surface area contributed by atoms with Crippen LogP contribution in [0.3, 0.4) is 0 Å². The largest absolute Gasteiger partial charge is 0.384 e. The molecule has 0 aliphatic rings. The van der Waals surface area contributed by atoms with Gasteiger partial charge in [-0.05, 0) is 27.9 Å². The maximum Gasteiger partial charge on any atom is 0.329 e. The first kappa shape index (κ1) is 12.6. The molecule has 6 heteroatoms. The summed E-state index contributed by atoms with van der Waals surface area (Å²) in [4.78, 5) is 25.1. The molecule has 1 aromatic heterocycles. The summed E-state index contributed by atoms with van der Waals surface area (Å²) in [6, 6.07) is 9.75. The lowest BCUT2D eigenvalue weighted by molar-refractivity contribution is 0.652. The van der Waals surface area contributed by atoms with Crippen LogP contribution in [0.1, 0.15) is 5.56 Å². The number of benzene rings is 1. The number of nitrogens with zero attached hydrogens (tertiary/aromatic N) is 1. The molecular weight excluding hydrogens is 298 g/mol. The summed E-state index contributed by atoms with van der Waals surface area (Å²) in [7, 11) is 0. The third-order valence-corrected chi connectivity index (χ3v) is 3.41. The van der Waals surface area contributed by atoms with Gasteiger partial charge in [0, 0.05) is 6.54 Å². The predicted molar refractivity (Wildman–Crippen MR) is 73.6 cm³/mol. The van der Waals surface area contributed by atoms with Gasteiger partial charge in [0.25, 0.3) is 5.56 Å². The Morgan fingerprint density at radius 1 is 1.22 bits per heavy atom. The van der Waals surface area contributed by atoms with Gasteiger partial charge in [-0.3, -0.25) is 14.3 Å². The molecule has 18 heavy (non-hydrogen) atoms. The number of aromatic amines is 1. The third kappa shape index (κ3) is 2.53. The van der Waals surface area contributed by atoms with Crippen LogP contribution in [-0.2, 0) is 13.0 Å². The number of nitrogens with one attached hydrogen (secondary N) is 1. The molecule has 0 radical (unpaired) electrons. The number of hydrogen-bond donors (Lipinski definition) is 2. The van der Waals surface area contributed by atoms with Crippen molar-refractivity contribution in [2.75, 3.05) is 5.73 Å². The molecule has 0 atom stereocenters. The fourth-order valence-corrected chi connectivity index (χ4v) is 1.98. The third-order valence-electron chi connectivity index (χ3n) is 2.65. The van der Waals surface area contributed by atoms with Crippen molar-refractivity contribution in [3.05, 3.63) is 61.2 Å². The maximum absolute atomic E-state index is 11.6. The number of hydrogen-bond acceptors (Lipinski definition) is 3. The number of halogens is 1. The van der Waals surface area contributed by atoms with Crippen LogP contribution >= 0.6 is 15.9 Å². The lowest BCUT2D eigenvalue weighted by atomic mass is 10.1. The van der Waals surface area contributed by atoms with Gasteiger partial charge >= 0.3 is 5.69 Å². The summed E-state index contributed by atoms with van der Waals surface area (Å²) in [6.07, 6.45) is 0.670. The Hall–Kier alpha value is -1.82. The van der Waals surface area contributed by atoms with E-state index < -0.39 is 11.2 Å². The molecule has 0 saturated heterocycles. The van der Waals surface area contributed by atoms with Crippen molar-refractivity contribution in [2.45, 2.75) is 13.0 Å². The topological polar surface area (TPSA) is 80.9 Å². The van der Waals surface area contributed by atoms with Crippen molar-refractivity contribution < 1.29 is 0 Å². The normalized spacial score (nSPS) is 10.5. The highest BCUT2D eigenvalue weighted by Gasteiger charge is 2.09. The molecule has 2 rings (SSSR count). The van der Waals surface area contributed by atoms with Crippen LogP contribution < -0.4 is 17.0 Å². The molecule has 0 saturated carbocycles. The van der Waals surface area contributed by atoms with Crippen molar-refractivity contribution >= 4 is 21.7 Å². The number of rotatable bonds is 3. The van der Waals surface area contributed by atoms with Crippen molar-refractivity contribution in [2.24, 2.45) is 0 Å². The molecule has 0 spiro atoms. The van der Waals surface area contributed by atoms with E-state index in [-0.39, 0.29) is 10.3 Å². The van der Waals surface area contributed by atoms with Gasteiger partial charge in [-0.15, -0.1) is 0 Å². The smallest absolute Gasteiger partial charge is 0.329 e. The zero-order valence-corrected chi connectivity index (χ0v) is 11.1. The first-order chi connectivity index (χ1) is 8.59. The van der Waals surface area contributed by atoms with Crippen molar-refractivity contribution in [3.63, 3.8) is 0 Å². The van der Waals surface area contributed by atoms with E-state index in [0.717, 1.165) is 5.56 Å². The molecule has 0 aliphatic heterocycles. The lowest BCUT2D eigenvalue weighted by Crippen LogP contribution is -2.33. The van der Waals surface area contributed by atoms with Gasteiger partial charge in [0.2, 0.25) is 0 Å². The van der Waals surface area contributed by atoms with E-state index in [1.54, 1.807) is 0 Å². The Bertz CT molecular complexity index is 661. The highest BCUT2D eigenvalue weighted by molar-refractivity contribution is 9.10. The second-order valence-electron chi connectivity index (χ2n) is 3.85. The summed E-state index contributed by atoms with van der Waals surface area (Å²) in [6.45, 7) is 0.421. The van der Waals surface area contributed by atoms with Crippen molar-refractivity contribution in [3.8, 4) is 0 Å². The summed E-state index contributed by atoms with van der Waals surface area (Å²) in [5.41, 5.74) is 5.85. The number of aromatic nitrogens is 2. The molecule has 0 fully saturated rings. The second-order valence-corrected chi connectivity index (χ2v) is 4.64. The summed E-state index contributed by atoms with van der Waals surface area (Å²) in [5.74, 6) is 0.152. The molecule has 0 bridgehead atoms. The minimum absolute atomic E-state index is 0.152. The molecular formula is C12H12BrN3O2. The zero-order chi connectivity index (χ0) is 13.1. The minimum atomic E-state index is -0.506. The van der Waals surface area contributed by atoms with Gasteiger partial charge in [-0.25, -0.2) is 4.79 Å². The molecule has 1 aromatic carbocycles. The Kier molecular flexibility index (Phi) is 3.66. The monoisotopic (exact) mass is 309 g/mol. The molecule has 94 valence electrons. The highest BCUT2D eigenvalue weighted by Crippen LogP contribution is 2.11. The van der Waals surface area contributed by atoms with E-state index in [1.165, 1.54) is 4.57 Å². The Labute approximate surface area is 111 Å². The summed E-state index contributed by atoms with van der Waals surface area (Å²) < 4.78 is 1.54. The van der Waals surface area contributed by atoms with Crippen LogP contribution in [0.15, 0.2) is 44.4 Å². The van der Waals surface area contributed by atoms with Gasteiger partial charge in [0.1, 0.15) is 10.3 Å². The number of H-pyrrole nitrogens is 1. The van der Waals surface area contributed by atoms with Gasteiger partial charge in [-0.1, -0.05) is 30.3 Å². The van der Waals surface area contributed by atoms with Crippen LogP contribution in [0, 0.1) is 0 Å². The Morgan fingerprint density at radius 2 is 1.89 bits per heavy atom. The first-order valence-corrected chi connectivity index (χ1v) is 6.21. The average Bonchev–Trinajstić information content (AvgIpc) is 2.37. The zero-order valence-electron chi connectivity index (χ0n) is 9.52. The van der Waals surface area contributed by atoms with E-state index >= 15 is 0 Å². The number of nitrogen functional groups attached to an aromatic ring is 1. The Morgan fingerprint density at radius 3 is 2.56 bits per heavy atom. The van der Waals surface area contributed by atoms with Gasteiger partial charge in [0.05, 0.1) is 0 Å². The molecule has 0 amide bonds. The summed E-state index contributed by atoms with van der Waals surface area (Å²) in [5, 5.41) is 0. The molecule has 5 nitrogen and oxygen atoms in total. The number of aryl methyl sites for hydroxylation is 1. The van der Waals surface area contributed by atoms with Crippen LogP contribution in [0.2, 0.25) is 0 Å². The van der Waals surface area contributed by atoms with Crippen LogP contribution in [0.25, 0.3) is 0 Å². The first-order valence-electron chi connectivity index (χ1n) is 5.41. The van der Waals surface area contributed by atoms with E-state index in [1.807, 2.05) is 30.3 Å². The van der Waals surface area contributed by atoms with Crippen molar-refractivity contribution in [1.82, 2.24) is 9.55 Å². The predicted octanol–water partition coefficient (Wildman–Crippen LogP) is 1.12. The van der Waals surface area contributed by atoms with Gasteiger partial charge in [0.15, 0.2) is 0 Å². The minimum Gasteiger partial charge on any atom is -0.384 e. The standard InChI is InChI=1S/C12H12BrN3O2/c13-9-10(14)16(12(18)15-11(9)17)7-6-8-4-2-1-3-5-8/h1-5H,6-7,14H2,(H,15,17,18). The van der Waals surface area contributed by atoms with Crippen LogP contribution in [0.4, 0.5) is 5.82 Å². The summed E-state index contributed by atoms with van der Waals surface area (Å²) >= 11 is 3.06. The fourth-order valence-electron chi connectivity index (χ4n) is 1.67. The number of nitrogens with two attached hydrogens (primary N) is 1. The molecule has 1 heterocycles. The van der Waals surface area contributed by atoms with E-state index in [0.29, 0.717) is 13.0 Å². The molecule has 2 aromatic rings. The van der Waals surface area contributed by atoms with Gasteiger partial charge in [-0.2, -0.15) is 0 Å². The van der Waals surface area contributed by atoms with Crippen molar-refractivity contribution in [1.29, 1.82) is 0 Å². The number of anilines is 1. The average molecular weight is 310 g/mol. The van der Waals surface area contributed by atoms with Crippen LogP contribution in [0.5, 0.6) is 0 Å². The maximum atomic E-state index is 11.6. The molecule has 0 unspecified atom stereocenters. The highest BCUT2D eigenvalue weighted by atomic mass is 79.9. The van der Waals surface area contributed by atoms with E-state index in [9.17, 15) is 9.59 Å². The SMILES string of the molecule is Nc1c(Br)c(=O)[nH]c(=O)n1CCc1ccccc1. The molecule has 3 N–H and O–H groups in total. The van der Waals surface area contributed by atoms with E-state index in [2.05, 4.69) is 20.9 Å². The fraction of sp³-hybridized carbons (Fsp3) is 0.167.